The minimum Gasteiger partial charge on any atom is -0.394 e. The highest BCUT2D eigenvalue weighted by Crippen LogP contribution is 2.28. The zero-order valence-electron chi connectivity index (χ0n) is 12.1. The van der Waals surface area contributed by atoms with Crippen LogP contribution in [0.3, 0.4) is 0 Å². The lowest BCUT2D eigenvalue weighted by atomic mass is 10.1. The first-order valence-electron chi connectivity index (χ1n) is 6.48. The number of benzene rings is 1. The number of likely N-dealkylation sites (N-methyl/N-ethyl adjacent to an activating group) is 1. The van der Waals surface area contributed by atoms with Gasteiger partial charge in [-0.25, -0.2) is 0 Å². The van der Waals surface area contributed by atoms with E-state index in [1.807, 2.05) is 0 Å². The lowest BCUT2D eigenvalue weighted by Crippen LogP contribution is -2.43. The molecule has 0 radical (unpaired) electrons. The Morgan fingerprint density at radius 2 is 1.82 bits per heavy atom. The van der Waals surface area contributed by atoms with Crippen molar-refractivity contribution >= 4 is 11.8 Å². The lowest BCUT2D eigenvalue weighted by molar-refractivity contribution is -0.137. The van der Waals surface area contributed by atoms with Crippen molar-refractivity contribution in [1.82, 2.24) is 10.2 Å². The van der Waals surface area contributed by atoms with Crippen LogP contribution in [0.2, 0.25) is 0 Å². The first kappa shape index (κ1) is 18.0. The molecule has 22 heavy (non-hydrogen) atoms. The highest BCUT2D eigenvalue weighted by atomic mass is 19.4. The maximum atomic E-state index is 12.4. The summed E-state index contributed by atoms with van der Waals surface area (Å²) in [6.45, 7) is 1.12. The maximum Gasteiger partial charge on any atom is 0.416 e. The molecule has 5 nitrogen and oxygen atoms in total. The molecule has 0 aliphatic heterocycles. The zero-order valence-corrected chi connectivity index (χ0v) is 12.1. The van der Waals surface area contributed by atoms with E-state index in [4.69, 9.17) is 5.11 Å². The number of amides is 2. The van der Waals surface area contributed by atoms with E-state index in [1.54, 1.807) is 6.92 Å². The molecule has 0 aliphatic rings. The third-order valence-electron chi connectivity index (χ3n) is 3.19. The SMILES string of the molecule is CC(CO)N(C)C(=O)CNC(=O)c1ccc(C(F)(F)F)cc1. The monoisotopic (exact) mass is 318 g/mol. The highest BCUT2D eigenvalue weighted by molar-refractivity contribution is 5.96. The van der Waals surface area contributed by atoms with Crippen molar-refractivity contribution in [2.75, 3.05) is 20.2 Å². The third kappa shape index (κ3) is 4.73. The van der Waals surface area contributed by atoms with Crippen LogP contribution in [0.4, 0.5) is 13.2 Å². The van der Waals surface area contributed by atoms with Crippen LogP contribution >= 0.6 is 0 Å². The highest BCUT2D eigenvalue weighted by Gasteiger charge is 2.30. The van der Waals surface area contributed by atoms with Gasteiger partial charge in [-0.05, 0) is 31.2 Å². The fourth-order valence-electron chi connectivity index (χ4n) is 1.56. The van der Waals surface area contributed by atoms with Crippen molar-refractivity contribution in [3.63, 3.8) is 0 Å². The van der Waals surface area contributed by atoms with Gasteiger partial charge in [-0.2, -0.15) is 13.2 Å². The zero-order chi connectivity index (χ0) is 16.9. The number of hydrogen-bond acceptors (Lipinski definition) is 3. The molecule has 0 saturated heterocycles. The van der Waals surface area contributed by atoms with E-state index < -0.39 is 29.6 Å². The van der Waals surface area contributed by atoms with Gasteiger partial charge in [0.05, 0.1) is 24.8 Å². The van der Waals surface area contributed by atoms with Crippen molar-refractivity contribution in [2.45, 2.75) is 19.1 Å². The summed E-state index contributed by atoms with van der Waals surface area (Å²) < 4.78 is 37.2. The fraction of sp³-hybridized carbons (Fsp3) is 0.429. The molecule has 1 aromatic carbocycles. The van der Waals surface area contributed by atoms with E-state index in [-0.39, 0.29) is 18.7 Å². The topological polar surface area (TPSA) is 69.6 Å². The molecule has 1 unspecified atom stereocenters. The molecule has 0 aromatic heterocycles. The van der Waals surface area contributed by atoms with Gasteiger partial charge >= 0.3 is 6.18 Å². The number of aliphatic hydroxyl groups is 1. The molecule has 8 heteroatoms. The van der Waals surface area contributed by atoms with Crippen LogP contribution in [-0.4, -0.2) is 48.1 Å². The minimum absolute atomic E-state index is 0.0265. The minimum atomic E-state index is -4.46. The summed E-state index contributed by atoms with van der Waals surface area (Å²) in [5.74, 6) is -1.06. The van der Waals surface area contributed by atoms with Gasteiger partial charge < -0.3 is 15.3 Å². The molecule has 0 bridgehead atoms. The van der Waals surface area contributed by atoms with Gasteiger partial charge in [0, 0.05) is 12.6 Å². The predicted octanol–water partition coefficient (Wildman–Crippen LogP) is 1.27. The van der Waals surface area contributed by atoms with E-state index in [9.17, 15) is 22.8 Å². The third-order valence-corrected chi connectivity index (χ3v) is 3.19. The number of nitrogens with zero attached hydrogens (tertiary/aromatic N) is 1. The number of carbonyl (C=O) groups excluding carboxylic acids is 2. The summed E-state index contributed by atoms with van der Waals surface area (Å²) in [7, 11) is 1.48. The number of rotatable bonds is 5. The van der Waals surface area contributed by atoms with Crippen LogP contribution in [0.5, 0.6) is 0 Å². The number of aliphatic hydroxyl groups excluding tert-OH is 1. The number of hydrogen-bond donors (Lipinski definition) is 2. The van der Waals surface area contributed by atoms with Crippen LogP contribution in [0.25, 0.3) is 0 Å². The molecule has 0 spiro atoms. The van der Waals surface area contributed by atoms with Crippen molar-refractivity contribution in [2.24, 2.45) is 0 Å². The molecule has 1 rings (SSSR count). The maximum absolute atomic E-state index is 12.4. The molecule has 2 amide bonds. The summed E-state index contributed by atoms with van der Waals surface area (Å²) in [6, 6.07) is 3.30. The summed E-state index contributed by atoms with van der Waals surface area (Å²) in [5, 5.41) is 11.3. The second-order valence-electron chi connectivity index (χ2n) is 4.79. The van der Waals surface area contributed by atoms with Gasteiger partial charge in [-0.3, -0.25) is 9.59 Å². The first-order valence-corrected chi connectivity index (χ1v) is 6.48. The van der Waals surface area contributed by atoms with Crippen molar-refractivity contribution in [1.29, 1.82) is 0 Å². The quantitative estimate of drug-likeness (QED) is 0.859. The second-order valence-corrected chi connectivity index (χ2v) is 4.79. The molecule has 122 valence electrons. The molecular formula is C14H17F3N2O3. The van der Waals surface area contributed by atoms with Crippen molar-refractivity contribution < 1.29 is 27.9 Å². The second kappa shape index (κ2) is 7.26. The molecule has 0 fully saturated rings. The van der Waals surface area contributed by atoms with E-state index >= 15 is 0 Å². The first-order chi connectivity index (χ1) is 10.2. The largest absolute Gasteiger partial charge is 0.416 e. The number of alkyl halides is 3. The van der Waals surface area contributed by atoms with E-state index in [0.717, 1.165) is 24.3 Å². The fourth-order valence-corrected chi connectivity index (χ4v) is 1.56. The average Bonchev–Trinajstić information content (AvgIpc) is 2.49. The Morgan fingerprint density at radius 3 is 2.27 bits per heavy atom. The van der Waals surface area contributed by atoms with Crippen LogP contribution in [0, 0.1) is 0 Å². The van der Waals surface area contributed by atoms with Gasteiger partial charge in [0.15, 0.2) is 0 Å². The number of nitrogens with one attached hydrogen (secondary N) is 1. The average molecular weight is 318 g/mol. The van der Waals surface area contributed by atoms with Gasteiger partial charge in [0.25, 0.3) is 5.91 Å². The lowest BCUT2D eigenvalue weighted by Gasteiger charge is -2.23. The van der Waals surface area contributed by atoms with Crippen LogP contribution in [-0.2, 0) is 11.0 Å². The van der Waals surface area contributed by atoms with Crippen LogP contribution in [0.15, 0.2) is 24.3 Å². The van der Waals surface area contributed by atoms with Gasteiger partial charge in [-0.15, -0.1) is 0 Å². The molecule has 0 saturated carbocycles. The van der Waals surface area contributed by atoms with Crippen LogP contribution < -0.4 is 5.32 Å². The van der Waals surface area contributed by atoms with Crippen molar-refractivity contribution in [3.8, 4) is 0 Å². The molecular weight excluding hydrogens is 301 g/mol. The Bertz CT molecular complexity index is 529. The Morgan fingerprint density at radius 1 is 1.27 bits per heavy atom. The Labute approximate surface area is 125 Å². The number of carbonyl (C=O) groups is 2. The van der Waals surface area contributed by atoms with Crippen molar-refractivity contribution in [3.05, 3.63) is 35.4 Å². The smallest absolute Gasteiger partial charge is 0.394 e. The Balaban J connectivity index is 2.61. The molecule has 0 aliphatic carbocycles. The molecule has 2 N–H and O–H groups in total. The Hall–Kier alpha value is -2.09. The Kier molecular flexibility index (Phi) is 5.92. The number of halogens is 3. The van der Waals surface area contributed by atoms with E-state index in [1.165, 1.54) is 11.9 Å². The van der Waals surface area contributed by atoms with Gasteiger partial charge in [-0.1, -0.05) is 0 Å². The summed E-state index contributed by atoms with van der Waals surface area (Å²) >= 11 is 0. The summed E-state index contributed by atoms with van der Waals surface area (Å²) in [4.78, 5) is 24.7. The summed E-state index contributed by atoms with van der Waals surface area (Å²) in [5.41, 5.74) is -0.824. The molecule has 0 heterocycles. The van der Waals surface area contributed by atoms with Gasteiger partial charge in [0.2, 0.25) is 5.91 Å². The summed E-state index contributed by atoms with van der Waals surface area (Å²) in [6.07, 6.45) is -4.46. The van der Waals surface area contributed by atoms with E-state index in [2.05, 4.69) is 5.32 Å². The standard InChI is InChI=1S/C14H17F3N2O3/c1-9(8-20)19(2)12(21)7-18-13(22)10-3-5-11(6-4-10)14(15,16)17/h3-6,9,20H,7-8H2,1-2H3,(H,18,22). The van der Waals surface area contributed by atoms with Gasteiger partial charge in [0.1, 0.15) is 0 Å². The predicted molar refractivity (Wildman–Crippen MR) is 73.1 cm³/mol. The molecule has 1 atom stereocenters. The van der Waals surface area contributed by atoms with E-state index in [0.29, 0.717) is 0 Å². The molecule has 1 aromatic rings. The van der Waals surface area contributed by atoms with Crippen LogP contribution in [0.1, 0.15) is 22.8 Å². The normalized spacial score (nSPS) is 12.6.